The molecule has 2 aromatic rings. The number of aromatic nitrogens is 1. The second-order valence-corrected chi connectivity index (χ2v) is 4.10. The molecule has 0 spiro atoms. The van der Waals surface area contributed by atoms with E-state index in [9.17, 15) is 5.11 Å². The number of halogens is 1. The summed E-state index contributed by atoms with van der Waals surface area (Å²) in [6.45, 7) is 0.222. The van der Waals surface area contributed by atoms with E-state index in [0.717, 1.165) is 16.5 Å². The molecule has 0 aliphatic carbocycles. The Balaban J connectivity index is 2.52. The van der Waals surface area contributed by atoms with Crippen LogP contribution in [0.4, 0.5) is 0 Å². The molecule has 1 unspecified atom stereocenters. The first-order chi connectivity index (χ1) is 7.72. The van der Waals surface area contributed by atoms with Crippen molar-refractivity contribution in [3.63, 3.8) is 0 Å². The van der Waals surface area contributed by atoms with Crippen molar-refractivity contribution in [1.82, 2.24) is 4.98 Å². The highest BCUT2D eigenvalue weighted by Crippen LogP contribution is 2.25. The van der Waals surface area contributed by atoms with Crippen LogP contribution in [0.1, 0.15) is 5.56 Å². The predicted octanol–water partition coefficient (Wildman–Crippen LogP) is 1.75. The van der Waals surface area contributed by atoms with Gasteiger partial charge in [-0.3, -0.25) is 4.98 Å². The van der Waals surface area contributed by atoms with E-state index in [0.29, 0.717) is 11.4 Å². The van der Waals surface area contributed by atoms with Gasteiger partial charge in [-0.15, -0.1) is 0 Å². The van der Waals surface area contributed by atoms with E-state index in [1.165, 1.54) is 0 Å². The Labute approximate surface area is 98.9 Å². The van der Waals surface area contributed by atoms with Crippen molar-refractivity contribution in [3.05, 3.63) is 41.0 Å². The first-order valence-corrected chi connectivity index (χ1v) is 5.50. The third kappa shape index (κ3) is 2.16. The molecule has 0 aliphatic rings. The predicted molar refractivity (Wildman–Crippen MR) is 65.5 cm³/mol. The molecule has 3 N–H and O–H groups in total. The van der Waals surface area contributed by atoms with Crippen LogP contribution in [0, 0.1) is 0 Å². The Morgan fingerprint density at radius 2 is 2.19 bits per heavy atom. The van der Waals surface area contributed by atoms with E-state index in [1.807, 2.05) is 24.3 Å². The topological polar surface area (TPSA) is 59.1 Å². The lowest BCUT2D eigenvalue weighted by Crippen LogP contribution is -2.22. The Morgan fingerprint density at radius 1 is 1.38 bits per heavy atom. The van der Waals surface area contributed by atoms with Crippen LogP contribution in [-0.4, -0.2) is 22.7 Å². The van der Waals surface area contributed by atoms with Crippen molar-refractivity contribution < 1.29 is 5.11 Å². The fourth-order valence-corrected chi connectivity index (χ4v) is 1.92. The molecular formula is C12H13ClN2O. The molecule has 0 saturated heterocycles. The van der Waals surface area contributed by atoms with Crippen molar-refractivity contribution in [2.75, 3.05) is 6.54 Å². The molecule has 1 atom stereocenters. The molecular weight excluding hydrogens is 224 g/mol. The second-order valence-electron chi connectivity index (χ2n) is 3.69. The van der Waals surface area contributed by atoms with Gasteiger partial charge in [0.1, 0.15) is 0 Å². The lowest BCUT2D eigenvalue weighted by atomic mass is 10.0. The van der Waals surface area contributed by atoms with Crippen molar-refractivity contribution in [1.29, 1.82) is 0 Å². The Bertz CT molecular complexity index is 501. The summed E-state index contributed by atoms with van der Waals surface area (Å²) in [5.74, 6) is 0. The van der Waals surface area contributed by atoms with Gasteiger partial charge in [0.05, 0.1) is 11.6 Å². The summed E-state index contributed by atoms with van der Waals surface area (Å²) in [6, 6.07) is 7.59. The van der Waals surface area contributed by atoms with Crippen LogP contribution < -0.4 is 5.73 Å². The molecule has 0 amide bonds. The Hall–Kier alpha value is -1.16. The van der Waals surface area contributed by atoms with Crippen molar-refractivity contribution in [2.24, 2.45) is 5.73 Å². The van der Waals surface area contributed by atoms with Crippen LogP contribution in [0.25, 0.3) is 10.9 Å². The molecule has 0 aliphatic heterocycles. The van der Waals surface area contributed by atoms with E-state index in [1.54, 1.807) is 6.20 Å². The molecule has 0 fully saturated rings. The van der Waals surface area contributed by atoms with Crippen LogP contribution in [0.2, 0.25) is 5.02 Å². The van der Waals surface area contributed by atoms with E-state index in [-0.39, 0.29) is 6.54 Å². The minimum atomic E-state index is -0.579. The Morgan fingerprint density at radius 3 is 2.94 bits per heavy atom. The molecule has 2 rings (SSSR count). The maximum Gasteiger partial charge on any atom is 0.0749 e. The summed E-state index contributed by atoms with van der Waals surface area (Å²) in [5.41, 5.74) is 7.10. The Kier molecular flexibility index (Phi) is 3.39. The maximum atomic E-state index is 9.58. The zero-order valence-electron chi connectivity index (χ0n) is 8.73. The average Bonchev–Trinajstić information content (AvgIpc) is 2.32. The lowest BCUT2D eigenvalue weighted by Gasteiger charge is -2.11. The van der Waals surface area contributed by atoms with E-state index in [4.69, 9.17) is 17.3 Å². The summed E-state index contributed by atoms with van der Waals surface area (Å²) in [6.07, 6.45) is 1.57. The van der Waals surface area contributed by atoms with Crippen LogP contribution in [-0.2, 0) is 6.42 Å². The fraction of sp³-hybridized carbons (Fsp3) is 0.250. The molecule has 84 valence electrons. The number of hydrogen-bond acceptors (Lipinski definition) is 3. The van der Waals surface area contributed by atoms with Crippen LogP contribution in [0.3, 0.4) is 0 Å². The zero-order chi connectivity index (χ0) is 11.5. The first kappa shape index (κ1) is 11.3. The standard InChI is InChI=1S/C12H13ClN2O/c13-11-4-3-8-2-1-5-15-12(8)10(11)6-9(16)7-14/h1-5,9,16H,6-7,14H2. The minimum Gasteiger partial charge on any atom is -0.391 e. The third-order valence-electron chi connectivity index (χ3n) is 2.53. The van der Waals surface area contributed by atoms with Crippen LogP contribution in [0.5, 0.6) is 0 Å². The van der Waals surface area contributed by atoms with E-state index in [2.05, 4.69) is 4.98 Å². The van der Waals surface area contributed by atoms with Gasteiger partial charge in [0, 0.05) is 29.6 Å². The fourth-order valence-electron chi connectivity index (χ4n) is 1.69. The summed E-state index contributed by atoms with van der Waals surface area (Å²) in [5, 5.41) is 11.2. The summed E-state index contributed by atoms with van der Waals surface area (Å²) < 4.78 is 0. The number of aliphatic hydroxyl groups excluding tert-OH is 1. The van der Waals surface area contributed by atoms with E-state index >= 15 is 0 Å². The number of hydrogen-bond donors (Lipinski definition) is 2. The third-order valence-corrected chi connectivity index (χ3v) is 2.89. The monoisotopic (exact) mass is 236 g/mol. The SMILES string of the molecule is NCC(O)Cc1c(Cl)ccc2cccnc12. The number of fused-ring (bicyclic) bond motifs is 1. The van der Waals surface area contributed by atoms with Gasteiger partial charge in [-0.1, -0.05) is 23.7 Å². The molecule has 3 nitrogen and oxygen atoms in total. The van der Waals surface area contributed by atoms with E-state index < -0.39 is 6.10 Å². The number of aliphatic hydroxyl groups is 1. The average molecular weight is 237 g/mol. The van der Waals surface area contributed by atoms with Crippen molar-refractivity contribution in [2.45, 2.75) is 12.5 Å². The summed E-state index contributed by atoms with van der Waals surface area (Å²) in [7, 11) is 0. The molecule has 1 heterocycles. The van der Waals surface area contributed by atoms with Crippen molar-refractivity contribution >= 4 is 22.5 Å². The van der Waals surface area contributed by atoms with Crippen LogP contribution in [0.15, 0.2) is 30.5 Å². The molecule has 1 aromatic heterocycles. The van der Waals surface area contributed by atoms with Gasteiger partial charge in [-0.2, -0.15) is 0 Å². The number of benzene rings is 1. The lowest BCUT2D eigenvalue weighted by molar-refractivity contribution is 0.184. The van der Waals surface area contributed by atoms with Crippen molar-refractivity contribution in [3.8, 4) is 0 Å². The molecule has 4 heteroatoms. The maximum absolute atomic E-state index is 9.58. The van der Waals surface area contributed by atoms with Gasteiger partial charge in [0.2, 0.25) is 0 Å². The number of rotatable bonds is 3. The molecule has 16 heavy (non-hydrogen) atoms. The number of pyridine rings is 1. The van der Waals surface area contributed by atoms with Gasteiger partial charge >= 0.3 is 0 Å². The molecule has 0 saturated carbocycles. The highest BCUT2D eigenvalue weighted by atomic mass is 35.5. The van der Waals surface area contributed by atoms with Gasteiger partial charge in [-0.05, 0) is 17.7 Å². The molecule has 0 radical (unpaired) electrons. The summed E-state index contributed by atoms with van der Waals surface area (Å²) in [4.78, 5) is 4.29. The summed E-state index contributed by atoms with van der Waals surface area (Å²) >= 11 is 6.11. The molecule has 0 bridgehead atoms. The number of nitrogens with two attached hydrogens (primary N) is 1. The van der Waals surface area contributed by atoms with Gasteiger partial charge < -0.3 is 10.8 Å². The van der Waals surface area contributed by atoms with Gasteiger partial charge in [-0.25, -0.2) is 0 Å². The highest BCUT2D eigenvalue weighted by Gasteiger charge is 2.11. The first-order valence-electron chi connectivity index (χ1n) is 5.12. The second kappa shape index (κ2) is 4.78. The minimum absolute atomic E-state index is 0.222. The van der Waals surface area contributed by atoms with Gasteiger partial charge in [0.15, 0.2) is 0 Å². The number of nitrogens with zero attached hydrogens (tertiary/aromatic N) is 1. The quantitative estimate of drug-likeness (QED) is 0.854. The smallest absolute Gasteiger partial charge is 0.0749 e. The largest absolute Gasteiger partial charge is 0.391 e. The van der Waals surface area contributed by atoms with Gasteiger partial charge in [0.25, 0.3) is 0 Å². The van der Waals surface area contributed by atoms with Crippen LogP contribution >= 0.6 is 11.6 Å². The molecule has 1 aromatic carbocycles. The normalized spacial score (nSPS) is 12.9. The zero-order valence-corrected chi connectivity index (χ0v) is 9.48. The highest BCUT2D eigenvalue weighted by molar-refractivity contribution is 6.32.